The number of halogens is 6. The predicted molar refractivity (Wildman–Crippen MR) is 79.9 cm³/mol. The van der Waals surface area contributed by atoms with Gasteiger partial charge < -0.3 is 0 Å². The lowest BCUT2D eigenvalue weighted by atomic mass is 10.1. The van der Waals surface area contributed by atoms with Gasteiger partial charge in [-0.1, -0.05) is 38.9 Å². The summed E-state index contributed by atoms with van der Waals surface area (Å²) in [6, 6.07) is 7.73. The summed E-state index contributed by atoms with van der Waals surface area (Å²) < 4.78 is 78.5. The molecule has 0 fully saturated rings. The van der Waals surface area contributed by atoms with Crippen molar-refractivity contribution < 1.29 is 26.3 Å². The largest absolute Gasteiger partial charge is 0.417 e. The maximum Gasteiger partial charge on any atom is 0.417 e. The summed E-state index contributed by atoms with van der Waals surface area (Å²) in [7, 11) is -0.500. The van der Waals surface area contributed by atoms with Crippen LogP contribution in [0, 0.1) is 13.8 Å². The van der Waals surface area contributed by atoms with Crippen molar-refractivity contribution in [2.75, 3.05) is 0 Å². The molecule has 2 aromatic rings. The Morgan fingerprint density at radius 2 is 1.30 bits per heavy atom. The molecule has 2 aromatic carbocycles. The van der Waals surface area contributed by atoms with Crippen molar-refractivity contribution in [3.05, 3.63) is 58.7 Å². The van der Waals surface area contributed by atoms with E-state index in [1.807, 2.05) is 0 Å². The van der Waals surface area contributed by atoms with Crippen LogP contribution in [-0.4, -0.2) is 0 Å². The lowest BCUT2D eigenvalue weighted by molar-refractivity contribution is -0.161. The third kappa shape index (κ3) is 3.86. The van der Waals surface area contributed by atoms with E-state index in [1.165, 1.54) is 0 Å². The van der Waals surface area contributed by atoms with Crippen LogP contribution in [0.25, 0.3) is 0 Å². The van der Waals surface area contributed by atoms with E-state index in [-0.39, 0.29) is 5.30 Å². The number of benzene rings is 2. The molecular formula is C16H13F6P. The smallest absolute Gasteiger partial charge is 0.166 e. The van der Waals surface area contributed by atoms with Crippen molar-refractivity contribution >= 4 is 19.2 Å². The minimum absolute atomic E-state index is 0.346. The van der Waals surface area contributed by atoms with Crippen LogP contribution in [0.5, 0.6) is 0 Å². The molecule has 0 N–H and O–H groups in total. The lowest BCUT2D eigenvalue weighted by Crippen LogP contribution is -2.25. The zero-order valence-corrected chi connectivity index (χ0v) is 13.2. The first-order valence-electron chi connectivity index (χ1n) is 6.62. The van der Waals surface area contributed by atoms with E-state index in [2.05, 4.69) is 0 Å². The zero-order valence-electron chi connectivity index (χ0n) is 12.2. The van der Waals surface area contributed by atoms with Crippen molar-refractivity contribution in [1.29, 1.82) is 0 Å². The maximum atomic E-state index is 13.2. The number of hydrogen-bond donors (Lipinski definition) is 0. The Labute approximate surface area is 131 Å². The maximum absolute atomic E-state index is 13.2. The third-order valence-electron chi connectivity index (χ3n) is 3.53. The van der Waals surface area contributed by atoms with E-state index in [0.29, 0.717) is 11.4 Å². The fourth-order valence-electron chi connectivity index (χ4n) is 2.23. The molecule has 1 atom stereocenters. The number of hydrogen-bond acceptors (Lipinski definition) is 0. The molecule has 0 saturated heterocycles. The molecule has 0 radical (unpaired) electrons. The van der Waals surface area contributed by atoms with Crippen molar-refractivity contribution in [2.24, 2.45) is 0 Å². The standard InChI is InChI=1S/C16H13F6P/c1-9-5-3-7-12(10(9)2)23-13-8-4-6-11(15(17,18)19)14(13)16(20,21)22/h3-8,23H,1-2H3. The van der Waals surface area contributed by atoms with Crippen molar-refractivity contribution in [1.82, 2.24) is 0 Å². The van der Waals surface area contributed by atoms with Crippen LogP contribution >= 0.6 is 8.58 Å². The van der Waals surface area contributed by atoms with Crippen LogP contribution in [0.15, 0.2) is 36.4 Å². The van der Waals surface area contributed by atoms with E-state index in [1.54, 1.807) is 32.0 Å². The highest BCUT2D eigenvalue weighted by Crippen LogP contribution is 2.41. The summed E-state index contributed by atoms with van der Waals surface area (Å²) in [5.74, 6) is 0. The van der Waals surface area contributed by atoms with E-state index in [4.69, 9.17) is 0 Å². The first-order valence-corrected chi connectivity index (χ1v) is 7.62. The predicted octanol–water partition coefficient (Wildman–Crippen LogP) is 4.97. The van der Waals surface area contributed by atoms with Crippen LogP contribution < -0.4 is 10.6 Å². The molecule has 0 aliphatic rings. The van der Waals surface area contributed by atoms with E-state index in [9.17, 15) is 26.3 Å². The molecule has 0 bridgehead atoms. The summed E-state index contributed by atoms with van der Waals surface area (Å²) in [6.07, 6.45) is -10.1. The van der Waals surface area contributed by atoms with E-state index < -0.39 is 32.1 Å². The highest BCUT2D eigenvalue weighted by atomic mass is 31.1. The Kier molecular flexibility index (Phi) is 4.76. The summed E-state index contributed by atoms with van der Waals surface area (Å²) in [5.41, 5.74) is -1.56. The minimum Gasteiger partial charge on any atom is -0.166 e. The van der Waals surface area contributed by atoms with Crippen LogP contribution in [0.2, 0.25) is 0 Å². The Morgan fingerprint density at radius 3 is 1.87 bits per heavy atom. The Hall–Kier alpha value is -1.55. The molecular weight excluding hydrogens is 337 g/mol. The molecule has 0 aromatic heterocycles. The fraction of sp³-hybridized carbons (Fsp3) is 0.250. The van der Waals surface area contributed by atoms with Crippen LogP contribution in [0.4, 0.5) is 26.3 Å². The molecule has 0 heterocycles. The second-order valence-electron chi connectivity index (χ2n) is 5.10. The lowest BCUT2D eigenvalue weighted by Gasteiger charge is -2.19. The quantitative estimate of drug-likeness (QED) is 0.530. The van der Waals surface area contributed by atoms with Gasteiger partial charge in [0, 0.05) is 0 Å². The molecule has 7 heteroatoms. The zero-order chi connectivity index (χ0) is 17.4. The highest BCUT2D eigenvalue weighted by Gasteiger charge is 2.44. The molecule has 0 saturated carbocycles. The van der Waals surface area contributed by atoms with Crippen molar-refractivity contribution in [3.63, 3.8) is 0 Å². The van der Waals surface area contributed by atoms with Gasteiger partial charge in [0.25, 0.3) is 0 Å². The van der Waals surface area contributed by atoms with Gasteiger partial charge in [0.1, 0.15) is 0 Å². The molecule has 0 nitrogen and oxygen atoms in total. The Bertz CT molecular complexity index is 715. The Morgan fingerprint density at radius 1 is 0.739 bits per heavy atom. The molecule has 1 unspecified atom stereocenters. The molecule has 124 valence electrons. The Balaban J connectivity index is 2.61. The topological polar surface area (TPSA) is 0 Å². The van der Waals surface area contributed by atoms with Gasteiger partial charge in [-0.2, -0.15) is 26.3 Å². The van der Waals surface area contributed by atoms with Gasteiger partial charge in [0.15, 0.2) is 0 Å². The molecule has 2 rings (SSSR count). The van der Waals surface area contributed by atoms with Gasteiger partial charge in [0.2, 0.25) is 0 Å². The summed E-state index contributed by atoms with van der Waals surface area (Å²) >= 11 is 0. The molecule has 0 aliphatic carbocycles. The summed E-state index contributed by atoms with van der Waals surface area (Å²) in [5, 5.41) is 0.260. The first-order chi connectivity index (χ1) is 10.5. The normalized spacial score (nSPS) is 13.0. The van der Waals surface area contributed by atoms with Crippen LogP contribution in [0.1, 0.15) is 22.3 Å². The highest BCUT2D eigenvalue weighted by molar-refractivity contribution is 7.55. The SMILES string of the molecule is Cc1cccc(Pc2cccc(C(F)(F)F)c2C(F)(F)F)c1C. The second-order valence-corrected chi connectivity index (χ2v) is 6.42. The molecule has 23 heavy (non-hydrogen) atoms. The van der Waals surface area contributed by atoms with Gasteiger partial charge in [-0.15, -0.1) is 0 Å². The molecule has 0 spiro atoms. The van der Waals surface area contributed by atoms with Gasteiger partial charge in [-0.25, -0.2) is 0 Å². The van der Waals surface area contributed by atoms with Crippen LogP contribution in [-0.2, 0) is 12.4 Å². The average Bonchev–Trinajstić information content (AvgIpc) is 2.41. The average molecular weight is 350 g/mol. The molecule has 0 aliphatic heterocycles. The second kappa shape index (κ2) is 6.16. The summed E-state index contributed by atoms with van der Waals surface area (Å²) in [6.45, 7) is 3.55. The van der Waals surface area contributed by atoms with Gasteiger partial charge in [0.05, 0.1) is 11.1 Å². The number of aryl methyl sites for hydroxylation is 1. The van der Waals surface area contributed by atoms with Gasteiger partial charge in [-0.3, -0.25) is 0 Å². The van der Waals surface area contributed by atoms with Gasteiger partial charge >= 0.3 is 12.4 Å². The summed E-state index contributed by atoms with van der Waals surface area (Å²) in [4.78, 5) is 0. The van der Waals surface area contributed by atoms with Crippen molar-refractivity contribution in [2.45, 2.75) is 26.2 Å². The fourth-order valence-corrected chi connectivity index (χ4v) is 3.67. The number of rotatable bonds is 2. The van der Waals surface area contributed by atoms with Gasteiger partial charge in [-0.05, 0) is 41.6 Å². The van der Waals surface area contributed by atoms with E-state index >= 15 is 0 Å². The van der Waals surface area contributed by atoms with Crippen LogP contribution in [0.3, 0.4) is 0 Å². The van der Waals surface area contributed by atoms with E-state index in [0.717, 1.165) is 23.3 Å². The van der Waals surface area contributed by atoms with Crippen molar-refractivity contribution in [3.8, 4) is 0 Å². The monoisotopic (exact) mass is 350 g/mol. The molecule has 0 amide bonds. The minimum atomic E-state index is -5.06. The number of alkyl halides is 6. The third-order valence-corrected chi connectivity index (χ3v) is 5.02. The first kappa shape index (κ1) is 17.8.